The Balaban J connectivity index is 2.42. The summed E-state index contributed by atoms with van der Waals surface area (Å²) in [5.41, 5.74) is 2.51. The van der Waals surface area contributed by atoms with Crippen molar-refractivity contribution in [2.75, 3.05) is 13.1 Å². The molecular formula is C9H15N3. The summed E-state index contributed by atoms with van der Waals surface area (Å²) in [5.74, 6) is 1.25. The number of imidazole rings is 1. The van der Waals surface area contributed by atoms with Gasteiger partial charge in [0.05, 0.1) is 5.69 Å². The smallest absolute Gasteiger partial charge is 0.110 e. The third kappa shape index (κ3) is 1.14. The van der Waals surface area contributed by atoms with E-state index in [4.69, 9.17) is 0 Å². The molecule has 0 bridgehead atoms. The van der Waals surface area contributed by atoms with Crippen LogP contribution < -0.4 is 5.32 Å². The summed E-state index contributed by atoms with van der Waals surface area (Å²) in [6.45, 7) is 7.45. The Morgan fingerprint density at radius 2 is 2.17 bits per heavy atom. The van der Waals surface area contributed by atoms with E-state index < -0.39 is 0 Å². The van der Waals surface area contributed by atoms with Gasteiger partial charge in [0.25, 0.3) is 0 Å². The number of fused-ring (bicyclic) bond motifs is 1. The van der Waals surface area contributed by atoms with Crippen LogP contribution in [0.4, 0.5) is 0 Å². The summed E-state index contributed by atoms with van der Waals surface area (Å²) in [6, 6.07) is 0. The first-order chi connectivity index (χ1) is 5.79. The van der Waals surface area contributed by atoms with Gasteiger partial charge in [-0.15, -0.1) is 0 Å². The van der Waals surface area contributed by atoms with Gasteiger partial charge >= 0.3 is 0 Å². The Morgan fingerprint density at radius 1 is 1.33 bits per heavy atom. The van der Waals surface area contributed by atoms with Crippen LogP contribution in [-0.4, -0.2) is 22.6 Å². The maximum Gasteiger partial charge on any atom is 0.110 e. The Kier molecular flexibility index (Phi) is 1.89. The Bertz CT molecular complexity index is 288. The molecule has 2 heterocycles. The summed E-state index contributed by atoms with van der Waals surface area (Å²) >= 11 is 0. The molecule has 1 aromatic rings. The minimum Gasteiger partial charge on any atom is -0.331 e. The number of aryl methyl sites for hydroxylation is 1. The fourth-order valence-electron chi connectivity index (χ4n) is 1.73. The highest BCUT2D eigenvalue weighted by molar-refractivity contribution is 5.15. The van der Waals surface area contributed by atoms with Crippen LogP contribution in [-0.2, 0) is 13.0 Å². The van der Waals surface area contributed by atoms with Crippen LogP contribution in [0.3, 0.4) is 0 Å². The van der Waals surface area contributed by atoms with Crippen molar-refractivity contribution >= 4 is 0 Å². The molecular weight excluding hydrogens is 150 g/mol. The molecule has 0 aliphatic carbocycles. The standard InChI is InChI=1S/C9H15N3/c1-7-8(2)12-6-5-10-4-3-9(12)11-7/h10H,3-6H2,1-2H3. The fraction of sp³-hybridized carbons (Fsp3) is 0.667. The summed E-state index contributed by atoms with van der Waals surface area (Å²) in [4.78, 5) is 4.53. The predicted molar refractivity (Wildman–Crippen MR) is 48.3 cm³/mol. The monoisotopic (exact) mass is 165 g/mol. The number of nitrogens with zero attached hydrogens (tertiary/aromatic N) is 2. The van der Waals surface area contributed by atoms with Crippen LogP contribution in [0.1, 0.15) is 17.2 Å². The second-order valence-electron chi connectivity index (χ2n) is 3.35. The van der Waals surface area contributed by atoms with E-state index in [0.717, 1.165) is 26.1 Å². The van der Waals surface area contributed by atoms with Crippen molar-refractivity contribution in [1.29, 1.82) is 0 Å². The van der Waals surface area contributed by atoms with Crippen molar-refractivity contribution in [3.63, 3.8) is 0 Å². The third-order valence-electron chi connectivity index (χ3n) is 2.57. The van der Waals surface area contributed by atoms with Gasteiger partial charge in [0, 0.05) is 31.7 Å². The average molecular weight is 165 g/mol. The van der Waals surface area contributed by atoms with E-state index >= 15 is 0 Å². The molecule has 3 nitrogen and oxygen atoms in total. The Labute approximate surface area is 72.8 Å². The number of hydrogen-bond acceptors (Lipinski definition) is 2. The minimum atomic E-state index is 1.06. The molecule has 1 aliphatic heterocycles. The highest BCUT2D eigenvalue weighted by atomic mass is 15.1. The molecule has 0 amide bonds. The molecule has 66 valence electrons. The lowest BCUT2D eigenvalue weighted by Gasteiger charge is -2.04. The van der Waals surface area contributed by atoms with Crippen LogP contribution in [0, 0.1) is 13.8 Å². The molecule has 0 unspecified atom stereocenters. The first-order valence-corrected chi connectivity index (χ1v) is 4.52. The lowest BCUT2D eigenvalue weighted by Crippen LogP contribution is -2.17. The van der Waals surface area contributed by atoms with Crippen LogP contribution in [0.5, 0.6) is 0 Å². The molecule has 1 aliphatic rings. The van der Waals surface area contributed by atoms with Gasteiger partial charge in [-0.05, 0) is 13.8 Å². The largest absolute Gasteiger partial charge is 0.331 e. The quantitative estimate of drug-likeness (QED) is 0.611. The highest BCUT2D eigenvalue weighted by Gasteiger charge is 2.12. The van der Waals surface area contributed by atoms with Crippen LogP contribution >= 0.6 is 0 Å². The van der Waals surface area contributed by atoms with E-state index in [0.29, 0.717) is 0 Å². The second-order valence-corrected chi connectivity index (χ2v) is 3.35. The van der Waals surface area contributed by atoms with Gasteiger partial charge in [0.15, 0.2) is 0 Å². The van der Waals surface area contributed by atoms with E-state index in [2.05, 4.69) is 28.7 Å². The molecule has 12 heavy (non-hydrogen) atoms. The van der Waals surface area contributed by atoms with Gasteiger partial charge in [0.2, 0.25) is 0 Å². The number of rotatable bonds is 0. The van der Waals surface area contributed by atoms with Crippen molar-refractivity contribution in [2.24, 2.45) is 0 Å². The van der Waals surface area contributed by atoms with Gasteiger partial charge in [-0.1, -0.05) is 0 Å². The summed E-state index contributed by atoms with van der Waals surface area (Å²) in [6.07, 6.45) is 1.06. The van der Waals surface area contributed by atoms with E-state index in [1.54, 1.807) is 0 Å². The van der Waals surface area contributed by atoms with Crippen molar-refractivity contribution in [1.82, 2.24) is 14.9 Å². The Morgan fingerprint density at radius 3 is 3.00 bits per heavy atom. The third-order valence-corrected chi connectivity index (χ3v) is 2.57. The van der Waals surface area contributed by atoms with Crippen LogP contribution in [0.25, 0.3) is 0 Å². The van der Waals surface area contributed by atoms with E-state index in [1.165, 1.54) is 17.2 Å². The van der Waals surface area contributed by atoms with Gasteiger partial charge in [-0.25, -0.2) is 4.98 Å². The first kappa shape index (κ1) is 7.80. The van der Waals surface area contributed by atoms with E-state index in [-0.39, 0.29) is 0 Å². The van der Waals surface area contributed by atoms with Crippen LogP contribution in [0.15, 0.2) is 0 Å². The topological polar surface area (TPSA) is 29.9 Å². The summed E-state index contributed by atoms with van der Waals surface area (Å²) in [5, 5.41) is 3.37. The normalized spacial score (nSPS) is 17.2. The van der Waals surface area contributed by atoms with Crippen molar-refractivity contribution in [2.45, 2.75) is 26.8 Å². The maximum absolute atomic E-state index is 4.53. The first-order valence-electron chi connectivity index (χ1n) is 4.52. The van der Waals surface area contributed by atoms with E-state index in [1.807, 2.05) is 0 Å². The van der Waals surface area contributed by atoms with Gasteiger partial charge in [-0.2, -0.15) is 0 Å². The predicted octanol–water partition coefficient (Wildman–Crippen LogP) is 0.646. The molecule has 0 atom stereocenters. The van der Waals surface area contributed by atoms with Crippen molar-refractivity contribution in [3.8, 4) is 0 Å². The lowest BCUT2D eigenvalue weighted by molar-refractivity contribution is 0.634. The van der Waals surface area contributed by atoms with Gasteiger partial charge in [0.1, 0.15) is 5.82 Å². The van der Waals surface area contributed by atoms with Crippen LogP contribution in [0.2, 0.25) is 0 Å². The molecule has 3 heteroatoms. The highest BCUT2D eigenvalue weighted by Crippen LogP contribution is 2.11. The maximum atomic E-state index is 4.53. The molecule has 0 saturated carbocycles. The number of nitrogens with one attached hydrogen (secondary N) is 1. The molecule has 1 N–H and O–H groups in total. The zero-order chi connectivity index (χ0) is 8.55. The molecule has 0 radical (unpaired) electrons. The fourth-order valence-corrected chi connectivity index (χ4v) is 1.73. The zero-order valence-corrected chi connectivity index (χ0v) is 7.72. The molecule has 0 aromatic carbocycles. The lowest BCUT2D eigenvalue weighted by atomic mass is 10.4. The minimum absolute atomic E-state index is 1.06. The summed E-state index contributed by atoms with van der Waals surface area (Å²) < 4.78 is 2.33. The average Bonchev–Trinajstić information content (AvgIpc) is 2.30. The van der Waals surface area contributed by atoms with Gasteiger partial charge in [-0.3, -0.25) is 0 Å². The molecule has 0 saturated heterocycles. The molecule has 0 spiro atoms. The zero-order valence-electron chi connectivity index (χ0n) is 7.72. The van der Waals surface area contributed by atoms with Crippen molar-refractivity contribution in [3.05, 3.63) is 17.2 Å². The van der Waals surface area contributed by atoms with Crippen molar-refractivity contribution < 1.29 is 0 Å². The molecule has 2 rings (SSSR count). The van der Waals surface area contributed by atoms with E-state index in [9.17, 15) is 0 Å². The van der Waals surface area contributed by atoms with Gasteiger partial charge < -0.3 is 9.88 Å². The molecule has 0 fully saturated rings. The summed E-state index contributed by atoms with van der Waals surface area (Å²) in [7, 11) is 0. The number of hydrogen-bond donors (Lipinski definition) is 1. The molecule has 1 aromatic heterocycles. The number of aromatic nitrogens is 2. The Hall–Kier alpha value is -0.830. The second kappa shape index (κ2) is 2.90. The SMILES string of the molecule is Cc1nc2n(c1C)CCNCC2.